The number of aromatic nitrogens is 2. The van der Waals surface area contributed by atoms with Gasteiger partial charge in [-0.1, -0.05) is 6.92 Å². The summed E-state index contributed by atoms with van der Waals surface area (Å²) in [5.74, 6) is 0.0324. The van der Waals surface area contributed by atoms with E-state index in [1.807, 2.05) is 0 Å². The van der Waals surface area contributed by atoms with Gasteiger partial charge in [0.25, 0.3) is 0 Å². The highest BCUT2D eigenvalue weighted by Crippen LogP contribution is 2.28. The lowest BCUT2D eigenvalue weighted by Crippen LogP contribution is -2.43. The van der Waals surface area contributed by atoms with Gasteiger partial charge in [-0.05, 0) is 25.7 Å². The Hall–Kier alpha value is -1.65. The summed E-state index contributed by atoms with van der Waals surface area (Å²) in [7, 11) is 0. The zero-order chi connectivity index (χ0) is 12.4. The van der Waals surface area contributed by atoms with Crippen LogP contribution in [0.25, 0.3) is 0 Å². The van der Waals surface area contributed by atoms with Crippen LogP contribution in [0, 0.1) is 5.92 Å². The Morgan fingerprint density at radius 3 is 2.82 bits per heavy atom. The quantitative estimate of drug-likeness (QED) is 0.846. The van der Waals surface area contributed by atoms with Gasteiger partial charge in [0, 0.05) is 25.0 Å². The minimum Gasteiger partial charge on any atom is -0.476 e. The van der Waals surface area contributed by atoms with Crippen molar-refractivity contribution in [2.45, 2.75) is 32.7 Å². The molecule has 2 atom stereocenters. The monoisotopic (exact) mass is 235 g/mol. The van der Waals surface area contributed by atoms with Crippen molar-refractivity contribution in [3.8, 4) is 0 Å². The first-order valence-corrected chi connectivity index (χ1v) is 5.92. The lowest BCUT2D eigenvalue weighted by molar-refractivity contribution is 0.0690. The Kier molecular flexibility index (Phi) is 3.26. The summed E-state index contributed by atoms with van der Waals surface area (Å²) in [5, 5.41) is 9.12. The molecule has 5 heteroatoms. The molecule has 1 aliphatic heterocycles. The molecule has 1 fully saturated rings. The topological polar surface area (TPSA) is 66.3 Å². The molecule has 1 aromatic rings. The van der Waals surface area contributed by atoms with Gasteiger partial charge in [-0.3, -0.25) is 0 Å². The van der Waals surface area contributed by atoms with Crippen LogP contribution in [-0.4, -0.2) is 33.6 Å². The minimum absolute atomic E-state index is 0.0495. The van der Waals surface area contributed by atoms with Gasteiger partial charge in [0.2, 0.25) is 0 Å². The summed E-state index contributed by atoms with van der Waals surface area (Å²) < 4.78 is 0. The molecule has 0 amide bonds. The molecule has 2 heterocycles. The molecule has 0 aromatic carbocycles. The predicted molar refractivity (Wildman–Crippen MR) is 64.2 cm³/mol. The van der Waals surface area contributed by atoms with Crippen molar-refractivity contribution >= 4 is 11.8 Å². The lowest BCUT2D eigenvalue weighted by Gasteiger charge is -2.38. The van der Waals surface area contributed by atoms with Gasteiger partial charge >= 0.3 is 5.97 Å². The molecule has 1 aromatic heterocycles. The van der Waals surface area contributed by atoms with Crippen molar-refractivity contribution in [3.05, 3.63) is 18.1 Å². The van der Waals surface area contributed by atoms with Crippen LogP contribution in [0.1, 0.15) is 37.2 Å². The molecule has 17 heavy (non-hydrogen) atoms. The molecule has 0 aliphatic carbocycles. The number of carboxylic acids is 1. The van der Waals surface area contributed by atoms with E-state index in [9.17, 15) is 4.79 Å². The van der Waals surface area contributed by atoms with Gasteiger partial charge < -0.3 is 10.0 Å². The van der Waals surface area contributed by atoms with Gasteiger partial charge in [-0.25, -0.2) is 14.8 Å². The third-order valence-electron chi connectivity index (χ3n) is 3.53. The molecule has 1 N–H and O–H groups in total. The zero-order valence-electron chi connectivity index (χ0n) is 10.1. The summed E-state index contributed by atoms with van der Waals surface area (Å²) in [6.45, 7) is 5.16. The maximum atomic E-state index is 11.1. The summed E-state index contributed by atoms with van der Waals surface area (Å²) in [6, 6.07) is 0.304. The van der Waals surface area contributed by atoms with Gasteiger partial charge in [0.05, 0.1) is 0 Å². The van der Waals surface area contributed by atoms with E-state index in [-0.39, 0.29) is 5.69 Å². The van der Waals surface area contributed by atoms with Gasteiger partial charge in [-0.15, -0.1) is 0 Å². The number of hydrogen-bond acceptors (Lipinski definition) is 4. The fourth-order valence-electron chi connectivity index (χ4n) is 2.33. The van der Waals surface area contributed by atoms with E-state index in [2.05, 4.69) is 28.7 Å². The van der Waals surface area contributed by atoms with Crippen LogP contribution < -0.4 is 4.90 Å². The molecule has 0 saturated carbocycles. The van der Waals surface area contributed by atoms with Crippen LogP contribution in [-0.2, 0) is 0 Å². The first-order chi connectivity index (χ1) is 8.11. The number of piperidine rings is 1. The SMILES string of the molecule is CC1CCCN(c2nccnc2C(=O)O)C1C. The van der Waals surface area contributed by atoms with Crippen molar-refractivity contribution in [1.82, 2.24) is 9.97 Å². The number of carbonyl (C=O) groups is 1. The van der Waals surface area contributed by atoms with Crippen molar-refractivity contribution in [2.75, 3.05) is 11.4 Å². The Labute approximate surface area is 100 Å². The van der Waals surface area contributed by atoms with Crippen LogP contribution in [0.3, 0.4) is 0 Å². The summed E-state index contributed by atoms with van der Waals surface area (Å²) >= 11 is 0. The van der Waals surface area contributed by atoms with Crippen LogP contribution in [0.2, 0.25) is 0 Å². The fourth-order valence-corrected chi connectivity index (χ4v) is 2.33. The number of carboxylic acid groups (broad SMARTS) is 1. The van der Waals surface area contributed by atoms with Gasteiger partial charge in [0.15, 0.2) is 11.5 Å². The van der Waals surface area contributed by atoms with E-state index < -0.39 is 5.97 Å². The third kappa shape index (κ3) is 2.23. The number of aromatic carboxylic acids is 1. The average Bonchev–Trinajstić information content (AvgIpc) is 2.33. The van der Waals surface area contributed by atoms with Gasteiger partial charge in [-0.2, -0.15) is 0 Å². The highest BCUT2D eigenvalue weighted by molar-refractivity contribution is 5.91. The predicted octanol–water partition coefficient (Wildman–Crippen LogP) is 1.80. The van der Waals surface area contributed by atoms with Crippen LogP contribution in [0.5, 0.6) is 0 Å². The molecule has 92 valence electrons. The van der Waals surface area contributed by atoms with E-state index in [4.69, 9.17) is 5.11 Å². The van der Waals surface area contributed by atoms with E-state index in [1.54, 1.807) is 6.20 Å². The third-order valence-corrected chi connectivity index (χ3v) is 3.53. The Morgan fingerprint density at radius 2 is 2.12 bits per heavy atom. The normalized spacial score (nSPS) is 24.7. The molecule has 2 rings (SSSR count). The zero-order valence-corrected chi connectivity index (χ0v) is 10.1. The molecule has 2 unspecified atom stereocenters. The Morgan fingerprint density at radius 1 is 1.41 bits per heavy atom. The van der Waals surface area contributed by atoms with Crippen molar-refractivity contribution in [3.63, 3.8) is 0 Å². The largest absolute Gasteiger partial charge is 0.476 e. The summed E-state index contributed by atoms with van der Waals surface area (Å²) in [4.78, 5) is 21.3. The van der Waals surface area contributed by atoms with Crippen molar-refractivity contribution < 1.29 is 9.90 Å². The smallest absolute Gasteiger partial charge is 0.358 e. The maximum absolute atomic E-state index is 11.1. The second-order valence-corrected chi connectivity index (χ2v) is 4.59. The Bertz CT molecular complexity index is 422. The first-order valence-electron chi connectivity index (χ1n) is 5.92. The molecular formula is C12H17N3O2. The van der Waals surface area contributed by atoms with Crippen molar-refractivity contribution in [1.29, 1.82) is 0 Å². The second kappa shape index (κ2) is 4.69. The highest BCUT2D eigenvalue weighted by atomic mass is 16.4. The lowest BCUT2D eigenvalue weighted by atomic mass is 9.92. The van der Waals surface area contributed by atoms with Crippen molar-refractivity contribution in [2.24, 2.45) is 5.92 Å². The standard InChI is InChI=1S/C12H17N3O2/c1-8-4-3-7-15(9(8)2)11-10(12(16)17)13-5-6-14-11/h5-6,8-9H,3-4,7H2,1-2H3,(H,16,17). The number of anilines is 1. The van der Waals surface area contributed by atoms with Gasteiger partial charge in [0.1, 0.15) is 0 Å². The molecule has 0 radical (unpaired) electrons. The van der Waals surface area contributed by atoms with Crippen LogP contribution >= 0.6 is 0 Å². The molecule has 1 saturated heterocycles. The Balaban J connectivity index is 2.36. The molecular weight excluding hydrogens is 218 g/mol. The molecule has 0 bridgehead atoms. The van der Waals surface area contributed by atoms with E-state index in [1.165, 1.54) is 12.6 Å². The number of hydrogen-bond donors (Lipinski definition) is 1. The van der Waals surface area contributed by atoms with E-state index in [0.717, 1.165) is 13.0 Å². The summed E-state index contributed by atoms with van der Waals surface area (Å²) in [5.41, 5.74) is 0.0495. The summed E-state index contributed by atoms with van der Waals surface area (Å²) in [6.07, 6.45) is 5.22. The second-order valence-electron chi connectivity index (χ2n) is 4.59. The average molecular weight is 235 g/mol. The highest BCUT2D eigenvalue weighted by Gasteiger charge is 2.29. The first kappa shape index (κ1) is 11.8. The molecule has 5 nitrogen and oxygen atoms in total. The fraction of sp³-hybridized carbons (Fsp3) is 0.583. The maximum Gasteiger partial charge on any atom is 0.358 e. The molecule has 0 spiro atoms. The minimum atomic E-state index is -1.02. The number of nitrogens with zero attached hydrogens (tertiary/aromatic N) is 3. The van der Waals surface area contributed by atoms with Crippen LogP contribution in [0.15, 0.2) is 12.4 Å². The number of rotatable bonds is 2. The molecule has 1 aliphatic rings. The van der Waals surface area contributed by atoms with E-state index >= 15 is 0 Å². The van der Waals surface area contributed by atoms with Crippen LogP contribution in [0.4, 0.5) is 5.82 Å². The van der Waals surface area contributed by atoms with E-state index in [0.29, 0.717) is 17.8 Å².